The number of ether oxygens (including phenoxy) is 1. The van der Waals surface area contributed by atoms with Crippen molar-refractivity contribution in [3.8, 4) is 0 Å². The molecule has 0 aliphatic carbocycles. The predicted octanol–water partition coefficient (Wildman–Crippen LogP) is 0.362. The third kappa shape index (κ3) is 4.66. The van der Waals surface area contributed by atoms with Crippen LogP contribution < -0.4 is 10.0 Å². The topological polar surface area (TPSA) is 67.4 Å². The Morgan fingerprint density at radius 3 is 2.78 bits per heavy atom. The molecule has 0 aromatic rings. The van der Waals surface area contributed by atoms with Crippen LogP contribution in [-0.2, 0) is 14.8 Å². The zero-order valence-electron chi connectivity index (χ0n) is 10.7. The van der Waals surface area contributed by atoms with Crippen molar-refractivity contribution >= 4 is 22.4 Å². The van der Waals surface area contributed by atoms with Gasteiger partial charge in [0, 0.05) is 12.6 Å². The molecule has 0 saturated carbocycles. The fourth-order valence-electron chi connectivity index (χ4n) is 2.49. The smallest absolute Gasteiger partial charge is 0.212 e. The maximum atomic E-state index is 12.0. The molecule has 0 radical (unpaired) electrons. The summed E-state index contributed by atoms with van der Waals surface area (Å²) in [7, 11) is -3.16. The SMILES string of the molecule is CC1CNCCC1NS(=O)(=O)CC1CCOC1.Cl. The second kappa shape index (κ2) is 7.05. The molecule has 2 rings (SSSR count). The maximum absolute atomic E-state index is 12.0. The van der Waals surface area contributed by atoms with E-state index in [0.717, 1.165) is 25.9 Å². The lowest BCUT2D eigenvalue weighted by atomic mass is 9.97. The predicted molar refractivity (Wildman–Crippen MR) is 73.5 cm³/mol. The quantitative estimate of drug-likeness (QED) is 0.786. The first kappa shape index (κ1) is 16.2. The van der Waals surface area contributed by atoms with Gasteiger partial charge in [0.15, 0.2) is 0 Å². The first-order chi connectivity index (χ1) is 8.07. The Morgan fingerprint density at radius 1 is 1.39 bits per heavy atom. The van der Waals surface area contributed by atoms with Crippen LogP contribution in [0.2, 0.25) is 0 Å². The fraction of sp³-hybridized carbons (Fsp3) is 1.00. The second-order valence-corrected chi connectivity index (χ2v) is 7.00. The molecule has 0 spiro atoms. The molecule has 108 valence electrons. The number of sulfonamides is 1. The summed E-state index contributed by atoms with van der Waals surface area (Å²) in [6.45, 7) is 5.15. The summed E-state index contributed by atoms with van der Waals surface area (Å²) < 4.78 is 32.1. The van der Waals surface area contributed by atoms with Gasteiger partial charge >= 0.3 is 0 Å². The molecule has 0 aromatic heterocycles. The van der Waals surface area contributed by atoms with E-state index in [4.69, 9.17) is 4.74 Å². The highest BCUT2D eigenvalue weighted by Gasteiger charge is 2.28. The van der Waals surface area contributed by atoms with Crippen LogP contribution in [0.4, 0.5) is 0 Å². The molecule has 0 aromatic carbocycles. The zero-order chi connectivity index (χ0) is 12.3. The summed E-state index contributed by atoms with van der Waals surface area (Å²) in [4.78, 5) is 0. The summed E-state index contributed by atoms with van der Waals surface area (Å²) in [5.74, 6) is 0.742. The molecule has 2 heterocycles. The zero-order valence-corrected chi connectivity index (χ0v) is 12.4. The minimum atomic E-state index is -3.16. The van der Waals surface area contributed by atoms with Crippen molar-refractivity contribution in [3.05, 3.63) is 0 Å². The van der Waals surface area contributed by atoms with Crippen LogP contribution in [0.15, 0.2) is 0 Å². The summed E-state index contributed by atoms with van der Waals surface area (Å²) in [6, 6.07) is 0.0866. The van der Waals surface area contributed by atoms with Gasteiger partial charge in [-0.25, -0.2) is 13.1 Å². The lowest BCUT2D eigenvalue weighted by molar-refractivity contribution is 0.188. The molecule has 2 saturated heterocycles. The molecule has 3 unspecified atom stereocenters. The molecule has 2 aliphatic heterocycles. The van der Waals surface area contributed by atoms with E-state index in [1.807, 2.05) is 0 Å². The molecule has 2 N–H and O–H groups in total. The molecule has 2 aliphatic rings. The Morgan fingerprint density at radius 2 is 2.17 bits per heavy atom. The Hall–Kier alpha value is 0.120. The molecule has 3 atom stereocenters. The lowest BCUT2D eigenvalue weighted by Crippen LogP contribution is -2.49. The van der Waals surface area contributed by atoms with Gasteiger partial charge in [0.2, 0.25) is 10.0 Å². The number of hydrogen-bond acceptors (Lipinski definition) is 4. The Bertz CT molecular complexity index is 344. The first-order valence-corrected chi connectivity index (χ1v) is 8.00. The Balaban J connectivity index is 0.00000162. The summed E-state index contributed by atoms with van der Waals surface area (Å²) in [5, 5.41) is 3.27. The third-order valence-electron chi connectivity index (χ3n) is 3.60. The van der Waals surface area contributed by atoms with Crippen LogP contribution in [0, 0.1) is 11.8 Å². The van der Waals surface area contributed by atoms with Crippen molar-refractivity contribution in [2.75, 3.05) is 32.1 Å². The maximum Gasteiger partial charge on any atom is 0.212 e. The van der Waals surface area contributed by atoms with Crippen molar-refractivity contribution in [2.45, 2.75) is 25.8 Å². The fourth-order valence-corrected chi connectivity index (χ4v) is 4.28. The van der Waals surface area contributed by atoms with Gasteiger partial charge in [-0.1, -0.05) is 6.92 Å². The van der Waals surface area contributed by atoms with Gasteiger partial charge in [-0.05, 0) is 37.8 Å². The minimum absolute atomic E-state index is 0. The van der Waals surface area contributed by atoms with Crippen LogP contribution in [0.5, 0.6) is 0 Å². The highest BCUT2D eigenvalue weighted by molar-refractivity contribution is 7.89. The number of rotatable bonds is 4. The number of piperidine rings is 1. The minimum Gasteiger partial charge on any atom is -0.381 e. The van der Waals surface area contributed by atoms with Crippen molar-refractivity contribution in [1.82, 2.24) is 10.0 Å². The largest absolute Gasteiger partial charge is 0.381 e. The summed E-state index contributed by atoms with van der Waals surface area (Å²) in [5.41, 5.74) is 0. The number of hydrogen-bond donors (Lipinski definition) is 2. The third-order valence-corrected chi connectivity index (χ3v) is 5.17. The van der Waals surface area contributed by atoms with Gasteiger partial charge in [0.25, 0.3) is 0 Å². The normalized spacial score (nSPS) is 33.1. The molecule has 0 bridgehead atoms. The van der Waals surface area contributed by atoms with Crippen LogP contribution in [0.3, 0.4) is 0 Å². The van der Waals surface area contributed by atoms with Crippen LogP contribution in [-0.4, -0.2) is 46.5 Å². The van der Waals surface area contributed by atoms with E-state index in [0.29, 0.717) is 19.1 Å². The lowest BCUT2D eigenvalue weighted by Gasteiger charge is -2.30. The van der Waals surface area contributed by atoms with Gasteiger partial charge in [-0.2, -0.15) is 0 Å². The van der Waals surface area contributed by atoms with Gasteiger partial charge in [-0.3, -0.25) is 0 Å². The average Bonchev–Trinajstić information content (AvgIpc) is 2.73. The molecule has 7 heteroatoms. The van der Waals surface area contributed by atoms with E-state index >= 15 is 0 Å². The Labute approximate surface area is 116 Å². The van der Waals surface area contributed by atoms with Gasteiger partial charge in [0.05, 0.1) is 12.4 Å². The van der Waals surface area contributed by atoms with Crippen LogP contribution >= 0.6 is 12.4 Å². The van der Waals surface area contributed by atoms with Gasteiger partial charge in [0.1, 0.15) is 0 Å². The van der Waals surface area contributed by atoms with Gasteiger partial charge < -0.3 is 10.1 Å². The number of nitrogens with one attached hydrogen (secondary N) is 2. The molecule has 5 nitrogen and oxygen atoms in total. The Kier molecular flexibility index (Phi) is 6.34. The highest BCUT2D eigenvalue weighted by Crippen LogP contribution is 2.16. The van der Waals surface area contributed by atoms with Crippen molar-refractivity contribution < 1.29 is 13.2 Å². The van der Waals surface area contributed by atoms with E-state index in [-0.39, 0.29) is 30.1 Å². The molecular weight excluding hydrogens is 276 g/mol. The van der Waals surface area contributed by atoms with Crippen LogP contribution in [0.25, 0.3) is 0 Å². The van der Waals surface area contributed by atoms with Gasteiger partial charge in [-0.15, -0.1) is 12.4 Å². The first-order valence-electron chi connectivity index (χ1n) is 6.35. The van der Waals surface area contributed by atoms with Crippen LogP contribution in [0.1, 0.15) is 19.8 Å². The van der Waals surface area contributed by atoms with E-state index in [1.165, 1.54) is 0 Å². The summed E-state index contributed by atoms with van der Waals surface area (Å²) in [6.07, 6.45) is 1.74. The molecule has 2 fully saturated rings. The second-order valence-electron chi connectivity index (χ2n) is 5.21. The number of halogens is 1. The standard InChI is InChI=1S/C11H22N2O3S.ClH/c1-9-6-12-4-2-11(9)13-17(14,15)8-10-3-5-16-7-10;/h9-13H,2-8H2,1H3;1H. The molecular formula is C11H23ClN2O3S. The molecule has 18 heavy (non-hydrogen) atoms. The average molecular weight is 299 g/mol. The van der Waals surface area contributed by atoms with E-state index in [9.17, 15) is 8.42 Å². The highest BCUT2D eigenvalue weighted by atomic mass is 35.5. The van der Waals surface area contributed by atoms with Crippen molar-refractivity contribution in [2.24, 2.45) is 11.8 Å². The monoisotopic (exact) mass is 298 g/mol. The van der Waals surface area contributed by atoms with Crippen molar-refractivity contribution in [3.63, 3.8) is 0 Å². The molecule has 0 amide bonds. The van der Waals surface area contributed by atoms with E-state index in [1.54, 1.807) is 0 Å². The van der Waals surface area contributed by atoms with Crippen molar-refractivity contribution in [1.29, 1.82) is 0 Å². The summed E-state index contributed by atoms with van der Waals surface area (Å²) >= 11 is 0. The van der Waals surface area contributed by atoms with E-state index < -0.39 is 10.0 Å². The van der Waals surface area contributed by atoms with E-state index in [2.05, 4.69) is 17.0 Å².